The van der Waals surface area contributed by atoms with Gasteiger partial charge in [-0.25, -0.2) is 14.5 Å². The van der Waals surface area contributed by atoms with Gasteiger partial charge in [-0.15, -0.1) is 5.10 Å². The molecule has 0 aliphatic heterocycles. The highest BCUT2D eigenvalue weighted by atomic mass is 79.9. The summed E-state index contributed by atoms with van der Waals surface area (Å²) in [5.74, 6) is 0.552. The van der Waals surface area contributed by atoms with Gasteiger partial charge in [-0.2, -0.15) is 10.2 Å². The molecule has 0 unspecified atom stereocenters. The third-order valence-electron chi connectivity index (χ3n) is 3.06. The van der Waals surface area contributed by atoms with Gasteiger partial charge in [0.25, 0.3) is 0 Å². The highest BCUT2D eigenvalue weighted by Gasteiger charge is 2.16. The number of fused-ring (bicyclic) bond motifs is 3. The summed E-state index contributed by atoms with van der Waals surface area (Å²) in [5.41, 5.74) is 2.19. The van der Waals surface area contributed by atoms with Gasteiger partial charge < -0.3 is 0 Å². The molecule has 0 saturated carbocycles. The summed E-state index contributed by atoms with van der Waals surface area (Å²) < 4.78 is 5.91. The van der Waals surface area contributed by atoms with Crippen LogP contribution in [0.3, 0.4) is 0 Å². The van der Waals surface area contributed by atoms with Crippen molar-refractivity contribution in [2.24, 2.45) is 14.1 Å². The average molecular weight is 333 g/mol. The quantitative estimate of drug-likeness (QED) is 0.523. The SMILES string of the molecule is Cn1cc(Br)c(-c2nc3c4cnn(C)c4ncn3n2)n1. The van der Waals surface area contributed by atoms with Crippen LogP contribution in [0.25, 0.3) is 28.2 Å². The Bertz CT molecular complexity index is 946. The van der Waals surface area contributed by atoms with Crippen molar-refractivity contribution < 1.29 is 0 Å². The Hall–Kier alpha value is -2.29. The van der Waals surface area contributed by atoms with Gasteiger partial charge in [0.1, 0.15) is 12.0 Å². The summed E-state index contributed by atoms with van der Waals surface area (Å²) in [5, 5.41) is 13.8. The zero-order valence-corrected chi connectivity index (χ0v) is 12.3. The van der Waals surface area contributed by atoms with Crippen molar-refractivity contribution in [3.63, 3.8) is 0 Å². The number of hydrogen-bond acceptors (Lipinski definition) is 5. The fraction of sp³-hybridized carbons (Fsp3) is 0.182. The molecule has 0 atom stereocenters. The van der Waals surface area contributed by atoms with E-state index in [2.05, 4.69) is 41.2 Å². The predicted molar refractivity (Wildman–Crippen MR) is 75.0 cm³/mol. The topological polar surface area (TPSA) is 78.7 Å². The van der Waals surface area contributed by atoms with Gasteiger partial charge in [0.15, 0.2) is 11.3 Å². The van der Waals surface area contributed by atoms with Crippen LogP contribution in [0.5, 0.6) is 0 Å². The maximum Gasteiger partial charge on any atom is 0.203 e. The zero-order chi connectivity index (χ0) is 13.9. The maximum absolute atomic E-state index is 4.55. The lowest BCUT2D eigenvalue weighted by molar-refractivity contribution is 0.767. The average Bonchev–Trinajstić information content (AvgIpc) is 3.06. The highest BCUT2D eigenvalue weighted by molar-refractivity contribution is 9.10. The molecule has 20 heavy (non-hydrogen) atoms. The molecule has 4 rings (SSSR count). The Morgan fingerprint density at radius 1 is 1.15 bits per heavy atom. The third kappa shape index (κ3) is 1.49. The molecule has 9 heteroatoms. The van der Waals surface area contributed by atoms with E-state index in [1.165, 1.54) is 0 Å². The van der Waals surface area contributed by atoms with Crippen LogP contribution in [-0.4, -0.2) is 39.1 Å². The van der Waals surface area contributed by atoms with Crippen LogP contribution in [0.4, 0.5) is 0 Å². The van der Waals surface area contributed by atoms with Crippen molar-refractivity contribution >= 4 is 32.6 Å². The lowest BCUT2D eigenvalue weighted by Gasteiger charge is -1.93. The molecule has 0 saturated heterocycles. The minimum atomic E-state index is 0.552. The third-order valence-corrected chi connectivity index (χ3v) is 3.65. The van der Waals surface area contributed by atoms with Crippen molar-refractivity contribution in [2.75, 3.05) is 0 Å². The molecule has 100 valence electrons. The van der Waals surface area contributed by atoms with E-state index in [-0.39, 0.29) is 0 Å². The van der Waals surface area contributed by atoms with E-state index < -0.39 is 0 Å². The molecule has 0 aromatic carbocycles. The van der Waals surface area contributed by atoms with E-state index in [4.69, 9.17) is 0 Å². The molecule has 0 fully saturated rings. The van der Waals surface area contributed by atoms with Crippen LogP contribution in [-0.2, 0) is 14.1 Å². The molecule has 0 aliphatic carbocycles. The minimum Gasteiger partial charge on any atom is -0.274 e. The van der Waals surface area contributed by atoms with Crippen molar-refractivity contribution in [1.82, 2.24) is 39.1 Å². The Morgan fingerprint density at radius 3 is 2.75 bits per heavy atom. The zero-order valence-electron chi connectivity index (χ0n) is 10.7. The number of rotatable bonds is 1. The lowest BCUT2D eigenvalue weighted by atomic mass is 10.4. The fourth-order valence-corrected chi connectivity index (χ4v) is 2.70. The number of aryl methyl sites for hydroxylation is 2. The van der Waals surface area contributed by atoms with Gasteiger partial charge in [0, 0.05) is 20.3 Å². The fourth-order valence-electron chi connectivity index (χ4n) is 2.15. The smallest absolute Gasteiger partial charge is 0.203 e. The first-order valence-corrected chi connectivity index (χ1v) is 6.65. The highest BCUT2D eigenvalue weighted by Crippen LogP contribution is 2.25. The van der Waals surface area contributed by atoms with E-state index in [1.807, 2.05) is 20.3 Å². The summed E-state index contributed by atoms with van der Waals surface area (Å²) in [7, 11) is 3.70. The predicted octanol–water partition coefficient (Wildman–Crippen LogP) is 1.17. The first-order chi connectivity index (χ1) is 9.63. The summed E-state index contributed by atoms with van der Waals surface area (Å²) in [6.07, 6.45) is 5.23. The van der Waals surface area contributed by atoms with Crippen molar-refractivity contribution in [1.29, 1.82) is 0 Å². The Morgan fingerprint density at radius 2 is 2.00 bits per heavy atom. The molecule has 0 N–H and O–H groups in total. The van der Waals surface area contributed by atoms with E-state index in [9.17, 15) is 0 Å². The molecule has 4 aromatic heterocycles. The molecule has 0 bridgehead atoms. The Kier molecular flexibility index (Phi) is 2.22. The maximum atomic E-state index is 4.55. The van der Waals surface area contributed by atoms with E-state index >= 15 is 0 Å². The molecular weight excluding hydrogens is 324 g/mol. The second-order valence-electron chi connectivity index (χ2n) is 4.45. The molecule has 0 radical (unpaired) electrons. The normalized spacial score (nSPS) is 11.8. The van der Waals surface area contributed by atoms with Gasteiger partial charge in [-0.1, -0.05) is 0 Å². The molecular formula is C11H9BrN8. The number of aromatic nitrogens is 8. The number of halogens is 1. The largest absolute Gasteiger partial charge is 0.274 e. The summed E-state index contributed by atoms with van der Waals surface area (Å²) in [6, 6.07) is 0. The second kappa shape index (κ2) is 3.85. The van der Waals surface area contributed by atoms with Gasteiger partial charge in [-0.3, -0.25) is 9.36 Å². The molecule has 4 aromatic rings. The van der Waals surface area contributed by atoms with Crippen LogP contribution in [0.15, 0.2) is 23.2 Å². The van der Waals surface area contributed by atoms with Gasteiger partial charge in [0.05, 0.1) is 16.1 Å². The van der Waals surface area contributed by atoms with E-state index in [1.54, 1.807) is 26.4 Å². The van der Waals surface area contributed by atoms with Gasteiger partial charge in [-0.05, 0) is 15.9 Å². The number of hydrogen-bond donors (Lipinski definition) is 0. The molecule has 4 heterocycles. The number of nitrogens with zero attached hydrogens (tertiary/aromatic N) is 8. The molecule has 0 spiro atoms. The van der Waals surface area contributed by atoms with Crippen LogP contribution in [0.1, 0.15) is 0 Å². The first-order valence-electron chi connectivity index (χ1n) is 5.86. The Labute approximate surface area is 121 Å². The van der Waals surface area contributed by atoms with Crippen LogP contribution < -0.4 is 0 Å². The van der Waals surface area contributed by atoms with Gasteiger partial charge in [0.2, 0.25) is 5.82 Å². The molecule has 0 aliphatic rings. The van der Waals surface area contributed by atoms with Crippen molar-refractivity contribution in [3.05, 3.63) is 23.2 Å². The summed E-state index contributed by atoms with van der Waals surface area (Å²) in [4.78, 5) is 8.88. The monoisotopic (exact) mass is 332 g/mol. The van der Waals surface area contributed by atoms with Crippen molar-refractivity contribution in [3.8, 4) is 11.5 Å². The van der Waals surface area contributed by atoms with Gasteiger partial charge >= 0.3 is 0 Å². The standard InChI is InChI=1S/C11H9BrN8/c1-18-4-7(12)8(16-18)9-15-11-6-3-14-19(2)10(6)13-5-20(11)17-9/h3-5H,1-2H3. The molecule has 0 amide bonds. The van der Waals surface area contributed by atoms with Crippen molar-refractivity contribution in [2.45, 2.75) is 0 Å². The summed E-state index contributed by atoms with van der Waals surface area (Å²) >= 11 is 3.46. The van der Waals surface area contributed by atoms with Crippen LogP contribution in [0.2, 0.25) is 0 Å². The Balaban J connectivity index is 2.03. The first kappa shape index (κ1) is 11.5. The van der Waals surface area contributed by atoms with Crippen LogP contribution >= 0.6 is 15.9 Å². The van der Waals surface area contributed by atoms with E-state index in [0.29, 0.717) is 11.5 Å². The van der Waals surface area contributed by atoms with E-state index in [0.717, 1.165) is 21.2 Å². The summed E-state index contributed by atoms with van der Waals surface area (Å²) in [6.45, 7) is 0. The van der Waals surface area contributed by atoms with Crippen LogP contribution in [0, 0.1) is 0 Å². The molecule has 8 nitrogen and oxygen atoms in total. The lowest BCUT2D eigenvalue weighted by Crippen LogP contribution is -1.95. The second-order valence-corrected chi connectivity index (χ2v) is 5.31. The minimum absolute atomic E-state index is 0.552.